The zero-order chi connectivity index (χ0) is 23.2. The fourth-order valence-electron chi connectivity index (χ4n) is 5.93. The molecular formula is C29H27N3O. The minimum Gasteiger partial charge on any atom is -0.368 e. The molecule has 164 valence electrons. The number of primary amides is 1. The van der Waals surface area contributed by atoms with Gasteiger partial charge < -0.3 is 10.6 Å². The third kappa shape index (κ3) is 3.15. The van der Waals surface area contributed by atoms with Crippen molar-refractivity contribution < 1.29 is 4.79 Å². The molecule has 0 radical (unpaired) electrons. The monoisotopic (exact) mass is 433 g/mol. The molecule has 3 aromatic rings. The lowest BCUT2D eigenvalue weighted by molar-refractivity contribution is -0.126. The summed E-state index contributed by atoms with van der Waals surface area (Å²) in [7, 11) is 0. The number of nitrogens with two attached hydrogens (primary N) is 1. The summed E-state index contributed by atoms with van der Waals surface area (Å²) in [6, 6.07) is 26.5. The number of hydrogen-bond donors (Lipinski definition) is 1. The van der Waals surface area contributed by atoms with Gasteiger partial charge in [0, 0.05) is 18.2 Å². The van der Waals surface area contributed by atoms with E-state index in [1.54, 1.807) is 0 Å². The standard InChI is InChI=1S/C29H27N3O/c1-19-12-13-23(20(2)16-19)26-25(17-21-8-4-3-5-9-21)32-15-14-22-10-6-7-11-24(22)27(32)29(26,18-30)28(31)33/h3-16,25-27H,17H2,1-2H3,(H2,31,33)/t25-,26+,27+,29-/m0/s1. The van der Waals surface area contributed by atoms with E-state index in [1.165, 1.54) is 5.56 Å². The van der Waals surface area contributed by atoms with Crippen LogP contribution >= 0.6 is 0 Å². The molecule has 0 saturated carbocycles. The highest BCUT2D eigenvalue weighted by Crippen LogP contribution is 2.60. The van der Waals surface area contributed by atoms with E-state index >= 15 is 0 Å². The topological polar surface area (TPSA) is 70.1 Å². The van der Waals surface area contributed by atoms with Crippen molar-refractivity contribution in [3.05, 3.63) is 112 Å². The van der Waals surface area contributed by atoms with Crippen molar-refractivity contribution in [2.24, 2.45) is 11.1 Å². The first-order chi connectivity index (χ1) is 16.0. The molecule has 0 unspecified atom stereocenters. The van der Waals surface area contributed by atoms with Crippen LogP contribution in [0.4, 0.5) is 0 Å². The van der Waals surface area contributed by atoms with E-state index in [0.29, 0.717) is 6.42 Å². The molecular weight excluding hydrogens is 406 g/mol. The molecule has 0 spiro atoms. The summed E-state index contributed by atoms with van der Waals surface area (Å²) >= 11 is 0. The van der Waals surface area contributed by atoms with Crippen molar-refractivity contribution in [2.45, 2.75) is 38.3 Å². The molecule has 0 bridgehead atoms. The van der Waals surface area contributed by atoms with Gasteiger partial charge in [-0.2, -0.15) is 5.26 Å². The number of benzene rings is 3. The Hall–Kier alpha value is -3.84. The number of fused-ring (bicyclic) bond motifs is 3. The molecule has 4 heteroatoms. The Morgan fingerprint density at radius 2 is 1.76 bits per heavy atom. The number of amides is 1. The molecule has 4 atom stereocenters. The maximum atomic E-state index is 13.3. The molecule has 5 rings (SSSR count). The van der Waals surface area contributed by atoms with Crippen LogP contribution in [0.5, 0.6) is 0 Å². The van der Waals surface area contributed by atoms with Crippen molar-refractivity contribution in [1.29, 1.82) is 5.26 Å². The van der Waals surface area contributed by atoms with Crippen molar-refractivity contribution in [2.75, 3.05) is 0 Å². The zero-order valence-electron chi connectivity index (χ0n) is 18.9. The molecule has 0 aromatic heterocycles. The highest BCUT2D eigenvalue weighted by molar-refractivity contribution is 5.88. The van der Waals surface area contributed by atoms with Crippen molar-refractivity contribution in [3.63, 3.8) is 0 Å². The third-order valence-corrected chi connectivity index (χ3v) is 7.35. The fourth-order valence-corrected chi connectivity index (χ4v) is 5.93. The molecule has 2 aliphatic heterocycles. The fraction of sp³-hybridized carbons (Fsp3) is 0.241. The molecule has 2 N–H and O–H groups in total. The SMILES string of the molecule is Cc1ccc([C@@H]2[C@H](Cc3ccccc3)N3C=Cc4ccccc4[C@@H]3[C@@]2(C#N)C(N)=O)c(C)c1. The van der Waals surface area contributed by atoms with Gasteiger partial charge in [0.2, 0.25) is 5.91 Å². The van der Waals surface area contributed by atoms with E-state index in [2.05, 4.69) is 67.4 Å². The first kappa shape index (κ1) is 21.0. The number of rotatable bonds is 4. The van der Waals surface area contributed by atoms with E-state index in [4.69, 9.17) is 5.73 Å². The van der Waals surface area contributed by atoms with Gasteiger partial charge in [0.05, 0.1) is 12.1 Å². The molecule has 0 aliphatic carbocycles. The summed E-state index contributed by atoms with van der Waals surface area (Å²) in [6.45, 7) is 4.12. The van der Waals surface area contributed by atoms with Crippen LogP contribution in [0.2, 0.25) is 0 Å². The number of hydrogen-bond acceptors (Lipinski definition) is 3. The number of nitrogens with zero attached hydrogens (tertiary/aromatic N) is 2. The average molecular weight is 434 g/mol. The van der Waals surface area contributed by atoms with Gasteiger partial charge in [0.25, 0.3) is 0 Å². The number of nitriles is 1. The number of carbonyl (C=O) groups is 1. The van der Waals surface area contributed by atoms with Gasteiger partial charge >= 0.3 is 0 Å². The Kier molecular flexibility index (Phi) is 5.06. The summed E-state index contributed by atoms with van der Waals surface area (Å²) in [4.78, 5) is 15.5. The van der Waals surface area contributed by atoms with Crippen LogP contribution in [-0.4, -0.2) is 16.8 Å². The highest BCUT2D eigenvalue weighted by Gasteiger charge is 2.64. The Morgan fingerprint density at radius 3 is 2.45 bits per heavy atom. The smallest absolute Gasteiger partial charge is 0.241 e. The number of carbonyl (C=O) groups excluding carboxylic acids is 1. The summed E-state index contributed by atoms with van der Waals surface area (Å²) in [5.74, 6) is -0.938. The second-order valence-electron chi connectivity index (χ2n) is 9.23. The first-order valence-corrected chi connectivity index (χ1v) is 11.3. The van der Waals surface area contributed by atoms with Crippen LogP contribution in [0.1, 0.15) is 45.3 Å². The molecule has 1 amide bonds. The van der Waals surface area contributed by atoms with Gasteiger partial charge in [-0.3, -0.25) is 4.79 Å². The van der Waals surface area contributed by atoms with Crippen LogP contribution in [0.15, 0.2) is 79.0 Å². The second-order valence-corrected chi connectivity index (χ2v) is 9.23. The quantitative estimate of drug-likeness (QED) is 0.627. The van der Waals surface area contributed by atoms with Crippen LogP contribution in [0.3, 0.4) is 0 Å². The van der Waals surface area contributed by atoms with Gasteiger partial charge in [-0.15, -0.1) is 0 Å². The van der Waals surface area contributed by atoms with Crippen molar-refractivity contribution in [1.82, 2.24) is 4.90 Å². The van der Waals surface area contributed by atoms with Gasteiger partial charge in [-0.1, -0.05) is 78.4 Å². The van der Waals surface area contributed by atoms with Crippen LogP contribution < -0.4 is 5.73 Å². The van der Waals surface area contributed by atoms with E-state index in [9.17, 15) is 10.1 Å². The van der Waals surface area contributed by atoms with Crippen LogP contribution in [0.25, 0.3) is 6.08 Å². The van der Waals surface area contributed by atoms with Crippen LogP contribution in [0, 0.1) is 30.6 Å². The molecule has 33 heavy (non-hydrogen) atoms. The summed E-state index contributed by atoms with van der Waals surface area (Å²) < 4.78 is 0. The third-order valence-electron chi connectivity index (χ3n) is 7.35. The highest BCUT2D eigenvalue weighted by atomic mass is 16.1. The lowest BCUT2D eigenvalue weighted by Crippen LogP contribution is -2.44. The summed E-state index contributed by atoms with van der Waals surface area (Å²) in [6.07, 6.45) is 4.84. The Morgan fingerprint density at radius 1 is 1.03 bits per heavy atom. The molecule has 1 fully saturated rings. The average Bonchev–Trinajstić information content (AvgIpc) is 3.10. The minimum absolute atomic E-state index is 0.101. The van der Waals surface area contributed by atoms with E-state index in [1.807, 2.05) is 42.5 Å². The molecule has 2 aliphatic rings. The molecule has 4 nitrogen and oxygen atoms in total. The van der Waals surface area contributed by atoms with Crippen molar-refractivity contribution >= 4 is 12.0 Å². The molecule has 2 heterocycles. The number of aryl methyl sites for hydroxylation is 2. The lowest BCUT2D eigenvalue weighted by Gasteiger charge is -2.36. The molecule has 1 saturated heterocycles. The van der Waals surface area contributed by atoms with Crippen LogP contribution in [-0.2, 0) is 11.2 Å². The predicted molar refractivity (Wildman–Crippen MR) is 130 cm³/mol. The summed E-state index contributed by atoms with van der Waals surface area (Å²) in [5.41, 5.74) is 11.2. The van der Waals surface area contributed by atoms with Gasteiger partial charge in [0.1, 0.15) is 0 Å². The normalized spacial score (nSPS) is 25.2. The summed E-state index contributed by atoms with van der Waals surface area (Å²) in [5, 5.41) is 10.7. The Balaban J connectivity index is 1.78. The van der Waals surface area contributed by atoms with Crippen molar-refractivity contribution in [3.8, 4) is 6.07 Å². The van der Waals surface area contributed by atoms with E-state index in [-0.39, 0.29) is 12.0 Å². The Labute approximate surface area is 195 Å². The van der Waals surface area contributed by atoms with E-state index in [0.717, 1.165) is 27.8 Å². The second kappa shape index (κ2) is 7.94. The molecule has 3 aromatic carbocycles. The first-order valence-electron chi connectivity index (χ1n) is 11.3. The lowest BCUT2D eigenvalue weighted by atomic mass is 9.65. The zero-order valence-corrected chi connectivity index (χ0v) is 18.9. The maximum absolute atomic E-state index is 13.3. The minimum atomic E-state index is -1.40. The predicted octanol–water partition coefficient (Wildman–Crippen LogP) is 5.03. The van der Waals surface area contributed by atoms with Gasteiger partial charge in [-0.25, -0.2) is 0 Å². The van der Waals surface area contributed by atoms with Gasteiger partial charge in [0.15, 0.2) is 5.41 Å². The van der Waals surface area contributed by atoms with Gasteiger partial charge in [-0.05, 0) is 54.2 Å². The maximum Gasteiger partial charge on any atom is 0.241 e. The Bertz CT molecular complexity index is 1290. The van der Waals surface area contributed by atoms with E-state index < -0.39 is 17.4 Å². The largest absolute Gasteiger partial charge is 0.368 e.